The Morgan fingerprint density at radius 1 is 1.19 bits per heavy atom. The van der Waals surface area contributed by atoms with E-state index in [0.29, 0.717) is 11.1 Å². The summed E-state index contributed by atoms with van der Waals surface area (Å²) >= 11 is 2.98. The maximum Gasteiger partial charge on any atom is 0.271 e. The fraction of sp³-hybridized carbons (Fsp3) is 0.130. The Labute approximate surface area is 185 Å². The monoisotopic (exact) mass is 445 g/mol. The summed E-state index contributed by atoms with van der Waals surface area (Å²) in [6, 6.07) is 13.7. The number of nitriles is 1. The van der Waals surface area contributed by atoms with Crippen LogP contribution in [-0.2, 0) is 9.59 Å². The molecule has 1 aliphatic rings. The minimum absolute atomic E-state index is 0.0105. The van der Waals surface area contributed by atoms with Crippen LogP contribution in [0.4, 0.5) is 0 Å². The number of carbonyl (C=O) groups excluding carboxylic acids is 2. The lowest BCUT2D eigenvalue weighted by Crippen LogP contribution is -2.42. The van der Waals surface area contributed by atoms with Crippen molar-refractivity contribution in [3.05, 3.63) is 58.0 Å². The van der Waals surface area contributed by atoms with Crippen LogP contribution in [0.15, 0.2) is 57.5 Å². The Bertz CT molecular complexity index is 1430. The van der Waals surface area contributed by atoms with Gasteiger partial charge in [-0.05, 0) is 43.7 Å². The summed E-state index contributed by atoms with van der Waals surface area (Å²) in [5.41, 5.74) is 1.61. The van der Waals surface area contributed by atoms with Crippen molar-refractivity contribution in [3.63, 3.8) is 0 Å². The molecule has 1 aromatic carbocycles. The third-order valence-corrected chi connectivity index (χ3v) is 7.30. The quantitative estimate of drug-likeness (QED) is 0.312. The van der Waals surface area contributed by atoms with E-state index in [2.05, 4.69) is 0 Å². The van der Waals surface area contributed by atoms with Crippen LogP contribution in [0.3, 0.4) is 0 Å². The van der Waals surface area contributed by atoms with Crippen molar-refractivity contribution in [2.75, 3.05) is 6.54 Å². The molecule has 152 valence electrons. The molecule has 5 rings (SSSR count). The lowest BCUT2D eigenvalue weighted by Gasteiger charge is -2.26. The second-order valence-electron chi connectivity index (χ2n) is 7.01. The Balaban J connectivity index is 1.54. The molecule has 0 fully saturated rings. The molecule has 4 heterocycles. The largest absolute Gasteiger partial charge is 0.454 e. The van der Waals surface area contributed by atoms with Gasteiger partial charge in [-0.15, -0.1) is 22.7 Å². The summed E-state index contributed by atoms with van der Waals surface area (Å²) in [7, 11) is 0. The number of para-hydroxylation sites is 1. The van der Waals surface area contributed by atoms with Crippen molar-refractivity contribution in [2.24, 2.45) is 0 Å². The normalized spacial score (nSPS) is 16.2. The molecule has 2 amide bonds. The van der Waals surface area contributed by atoms with Gasteiger partial charge in [-0.3, -0.25) is 14.5 Å². The van der Waals surface area contributed by atoms with E-state index in [1.807, 2.05) is 42.5 Å². The number of rotatable bonds is 3. The smallest absolute Gasteiger partial charge is 0.271 e. The first kappa shape index (κ1) is 19.4. The molecule has 31 heavy (non-hydrogen) atoms. The average molecular weight is 446 g/mol. The highest BCUT2D eigenvalue weighted by atomic mass is 32.1. The van der Waals surface area contributed by atoms with Crippen molar-refractivity contribution in [3.8, 4) is 16.8 Å². The third kappa shape index (κ3) is 3.10. The van der Waals surface area contributed by atoms with Crippen LogP contribution in [0.5, 0.6) is 0 Å². The third-order valence-electron chi connectivity index (χ3n) is 5.17. The molecule has 0 N–H and O–H groups in total. The summed E-state index contributed by atoms with van der Waals surface area (Å²) in [4.78, 5) is 32.6. The molecule has 1 aliphatic heterocycles. The van der Waals surface area contributed by atoms with Gasteiger partial charge in [0.2, 0.25) is 0 Å². The molecule has 0 aliphatic carbocycles. The molecule has 0 saturated heterocycles. The number of thiazole rings is 1. The van der Waals surface area contributed by atoms with E-state index in [4.69, 9.17) is 9.40 Å². The lowest BCUT2D eigenvalue weighted by molar-refractivity contribution is -0.140. The molecular weight excluding hydrogens is 430 g/mol. The van der Waals surface area contributed by atoms with Crippen molar-refractivity contribution in [1.29, 1.82) is 5.26 Å². The second-order valence-corrected chi connectivity index (χ2v) is 9.10. The van der Waals surface area contributed by atoms with Gasteiger partial charge in [0.05, 0.1) is 4.70 Å². The zero-order valence-corrected chi connectivity index (χ0v) is 18.3. The van der Waals surface area contributed by atoms with E-state index in [0.717, 1.165) is 41.0 Å². The fourth-order valence-electron chi connectivity index (χ4n) is 3.58. The van der Waals surface area contributed by atoms with Gasteiger partial charge in [-0.1, -0.05) is 18.2 Å². The van der Waals surface area contributed by atoms with E-state index >= 15 is 0 Å². The van der Waals surface area contributed by atoms with E-state index in [1.54, 1.807) is 19.9 Å². The van der Waals surface area contributed by atoms with Gasteiger partial charge in [-0.25, -0.2) is 4.98 Å². The van der Waals surface area contributed by atoms with Gasteiger partial charge in [0.25, 0.3) is 11.8 Å². The van der Waals surface area contributed by atoms with Gasteiger partial charge in [0.1, 0.15) is 22.1 Å². The highest BCUT2D eigenvalue weighted by Gasteiger charge is 2.34. The van der Waals surface area contributed by atoms with Gasteiger partial charge in [0, 0.05) is 22.4 Å². The Kier molecular flexibility index (Phi) is 4.58. The van der Waals surface area contributed by atoms with Gasteiger partial charge < -0.3 is 4.42 Å². The molecule has 6 nitrogen and oxygen atoms in total. The van der Waals surface area contributed by atoms with Gasteiger partial charge >= 0.3 is 0 Å². The highest BCUT2D eigenvalue weighted by molar-refractivity contribution is 7.29. The number of amides is 2. The van der Waals surface area contributed by atoms with E-state index < -0.39 is 5.91 Å². The number of benzene rings is 1. The van der Waals surface area contributed by atoms with E-state index in [-0.39, 0.29) is 18.0 Å². The Morgan fingerprint density at radius 3 is 2.71 bits per heavy atom. The molecule has 0 saturated carbocycles. The van der Waals surface area contributed by atoms with E-state index in [9.17, 15) is 14.9 Å². The molecule has 0 unspecified atom stereocenters. The predicted octanol–water partition coefficient (Wildman–Crippen LogP) is 5.38. The predicted molar refractivity (Wildman–Crippen MR) is 121 cm³/mol. The minimum atomic E-state index is -0.533. The summed E-state index contributed by atoms with van der Waals surface area (Å²) in [5.74, 6) is -0.183. The van der Waals surface area contributed by atoms with Gasteiger partial charge in [0.15, 0.2) is 10.8 Å². The Hall–Kier alpha value is -3.54. The van der Waals surface area contributed by atoms with Gasteiger partial charge in [-0.2, -0.15) is 5.26 Å². The highest BCUT2D eigenvalue weighted by Crippen LogP contribution is 2.38. The number of hydrogen-bond donors (Lipinski definition) is 0. The fourth-order valence-corrected chi connectivity index (χ4v) is 5.70. The maximum absolute atomic E-state index is 12.8. The number of likely N-dealkylation sites (N-methyl/N-ethyl adjacent to an activating group) is 1. The number of hydrogen-bond acceptors (Lipinski definition) is 7. The number of carbonyl (C=O) groups is 2. The van der Waals surface area contributed by atoms with Crippen molar-refractivity contribution in [1.82, 2.24) is 9.88 Å². The minimum Gasteiger partial charge on any atom is -0.454 e. The molecule has 0 bridgehead atoms. The molecule has 0 spiro atoms. The number of nitrogens with zero attached hydrogens (tertiary/aromatic N) is 3. The average Bonchev–Trinajstić information content (AvgIpc) is 3.44. The summed E-state index contributed by atoms with van der Waals surface area (Å²) in [6.45, 7) is 3.57. The second kappa shape index (κ2) is 7.30. The lowest BCUT2D eigenvalue weighted by atomic mass is 9.95. The zero-order chi connectivity index (χ0) is 21.7. The summed E-state index contributed by atoms with van der Waals surface area (Å²) in [6.07, 6.45) is 1.74. The summed E-state index contributed by atoms with van der Waals surface area (Å²) in [5, 5.41) is 11.2. The molecule has 0 radical (unpaired) electrons. The number of fused-ring (bicyclic) bond motifs is 2. The van der Waals surface area contributed by atoms with Crippen LogP contribution in [0, 0.1) is 11.3 Å². The SMILES string of the molecule is CCN1C(=O)C(C#N)=C(C)/C(=C/c2cc3sc(-c4cc5ccccc5o4)nc3s2)C1=O. The molecule has 8 heteroatoms. The number of thiophene rings is 1. The van der Waals surface area contributed by atoms with Crippen LogP contribution in [-0.4, -0.2) is 28.2 Å². The van der Waals surface area contributed by atoms with E-state index in [1.165, 1.54) is 22.7 Å². The van der Waals surface area contributed by atoms with Crippen molar-refractivity contribution >= 4 is 61.1 Å². The first-order valence-electron chi connectivity index (χ1n) is 9.58. The van der Waals surface area contributed by atoms with Crippen LogP contribution in [0.25, 0.3) is 37.3 Å². The Morgan fingerprint density at radius 2 is 2.00 bits per heavy atom. The first-order valence-corrected chi connectivity index (χ1v) is 11.2. The van der Waals surface area contributed by atoms with Crippen molar-refractivity contribution < 1.29 is 14.0 Å². The zero-order valence-electron chi connectivity index (χ0n) is 16.6. The summed E-state index contributed by atoms with van der Waals surface area (Å²) < 4.78 is 6.90. The molecule has 0 atom stereocenters. The standard InChI is InChI=1S/C23H15N3O3S2/c1-3-26-22(27)15(12(2)16(11-24)23(26)28)9-14-10-19-21(30-14)25-20(31-19)18-8-13-6-4-5-7-17(13)29-18/h4-10H,3H2,1-2H3/b15-9-. The first-order chi connectivity index (χ1) is 15.0. The maximum atomic E-state index is 12.8. The molecular formula is C23H15N3O3S2. The number of aromatic nitrogens is 1. The van der Waals surface area contributed by atoms with Crippen LogP contribution < -0.4 is 0 Å². The topological polar surface area (TPSA) is 87.2 Å². The molecule has 4 aromatic rings. The number of furan rings is 1. The van der Waals surface area contributed by atoms with Crippen LogP contribution in [0.1, 0.15) is 18.7 Å². The number of imide groups is 1. The van der Waals surface area contributed by atoms with Crippen molar-refractivity contribution in [2.45, 2.75) is 13.8 Å². The molecule has 3 aromatic heterocycles. The van der Waals surface area contributed by atoms with Crippen LogP contribution >= 0.6 is 22.7 Å². The van der Waals surface area contributed by atoms with Crippen LogP contribution in [0.2, 0.25) is 0 Å².